The van der Waals surface area contributed by atoms with Crippen LogP contribution in [0.3, 0.4) is 0 Å². The zero-order chi connectivity index (χ0) is 9.40. The summed E-state index contributed by atoms with van der Waals surface area (Å²) in [5.74, 6) is 0. The van der Waals surface area contributed by atoms with Crippen molar-refractivity contribution in [2.45, 2.75) is 27.2 Å². The monoisotopic (exact) mass is 164 g/mol. The molecule has 12 heavy (non-hydrogen) atoms. The van der Waals surface area contributed by atoms with E-state index in [-0.39, 0.29) is 0 Å². The van der Waals surface area contributed by atoms with Gasteiger partial charge in [-0.2, -0.15) is 0 Å². The van der Waals surface area contributed by atoms with Crippen molar-refractivity contribution in [2.75, 3.05) is 0 Å². The third-order valence-corrected chi connectivity index (χ3v) is 1.05. The molecular formula is C10H16N2. The summed E-state index contributed by atoms with van der Waals surface area (Å²) in [6, 6.07) is 5.54. The van der Waals surface area contributed by atoms with E-state index in [2.05, 4.69) is 18.8 Å². The normalized spacial score (nSPS) is 8.25. The van der Waals surface area contributed by atoms with Crippen molar-refractivity contribution in [2.24, 2.45) is 0 Å². The quantitative estimate of drug-likeness (QED) is 0.636. The summed E-state index contributed by atoms with van der Waals surface area (Å²) in [6.45, 7) is 5.97. The van der Waals surface area contributed by atoms with Gasteiger partial charge in [0.1, 0.15) is 0 Å². The molecule has 0 aromatic carbocycles. The van der Waals surface area contributed by atoms with E-state index in [1.165, 1.54) is 6.42 Å². The summed E-state index contributed by atoms with van der Waals surface area (Å²) in [5, 5.41) is 7.17. The molecule has 0 spiro atoms. The van der Waals surface area contributed by atoms with Crippen molar-refractivity contribution in [3.63, 3.8) is 0 Å². The van der Waals surface area contributed by atoms with Crippen molar-refractivity contribution in [1.29, 1.82) is 5.41 Å². The zero-order valence-electron chi connectivity index (χ0n) is 7.96. The lowest BCUT2D eigenvalue weighted by molar-refractivity contribution is 1.09. The first-order valence-electron chi connectivity index (χ1n) is 4.18. The van der Waals surface area contributed by atoms with E-state index >= 15 is 0 Å². The highest BCUT2D eigenvalue weighted by Crippen LogP contribution is 1.92. The highest BCUT2D eigenvalue weighted by molar-refractivity contribution is 5.94. The first kappa shape index (κ1) is 10.8. The number of hydrogen-bond donors (Lipinski definition) is 1. The molecule has 1 N–H and O–H groups in total. The second-order valence-corrected chi connectivity index (χ2v) is 2.55. The number of rotatable bonds is 1. The molecule has 0 saturated carbocycles. The number of nitrogens with one attached hydrogen (secondary N) is 1. The minimum absolute atomic E-state index is 0.510. The fraction of sp³-hybridized carbons (Fsp3) is 0.400. The van der Waals surface area contributed by atoms with Gasteiger partial charge in [0, 0.05) is 6.20 Å². The van der Waals surface area contributed by atoms with Crippen molar-refractivity contribution in [3.8, 4) is 0 Å². The Morgan fingerprint density at radius 2 is 2.00 bits per heavy atom. The molecule has 0 amide bonds. The molecular weight excluding hydrogens is 148 g/mol. The minimum atomic E-state index is 0.510. The fourth-order valence-electron chi connectivity index (χ4n) is 0.585. The van der Waals surface area contributed by atoms with Gasteiger partial charge in [-0.15, -0.1) is 0 Å². The molecule has 0 unspecified atom stereocenters. The highest BCUT2D eigenvalue weighted by Gasteiger charge is 1.90. The number of nitrogens with zero attached hydrogens (tertiary/aromatic N) is 1. The van der Waals surface area contributed by atoms with E-state index in [4.69, 9.17) is 5.41 Å². The summed E-state index contributed by atoms with van der Waals surface area (Å²) in [4.78, 5) is 3.95. The molecule has 0 fully saturated rings. The average molecular weight is 164 g/mol. The second-order valence-electron chi connectivity index (χ2n) is 2.55. The van der Waals surface area contributed by atoms with E-state index in [1.807, 2.05) is 18.2 Å². The maximum absolute atomic E-state index is 7.17. The van der Waals surface area contributed by atoms with Crippen LogP contribution < -0.4 is 0 Å². The van der Waals surface area contributed by atoms with E-state index < -0.39 is 0 Å². The van der Waals surface area contributed by atoms with E-state index in [0.29, 0.717) is 5.71 Å². The first-order chi connectivity index (χ1) is 5.72. The molecule has 0 aliphatic heterocycles. The van der Waals surface area contributed by atoms with Gasteiger partial charge >= 0.3 is 0 Å². The molecule has 1 heterocycles. The van der Waals surface area contributed by atoms with Crippen LogP contribution in [0.1, 0.15) is 32.9 Å². The highest BCUT2D eigenvalue weighted by atomic mass is 14.7. The Morgan fingerprint density at radius 1 is 1.42 bits per heavy atom. The molecule has 2 heteroatoms. The summed E-state index contributed by atoms with van der Waals surface area (Å²) in [5.41, 5.74) is 1.26. The summed E-state index contributed by atoms with van der Waals surface area (Å²) >= 11 is 0. The second kappa shape index (κ2) is 6.53. The van der Waals surface area contributed by atoms with E-state index in [0.717, 1.165) is 5.69 Å². The summed E-state index contributed by atoms with van der Waals surface area (Å²) in [6.07, 6.45) is 2.94. The molecule has 1 aromatic heterocycles. The summed E-state index contributed by atoms with van der Waals surface area (Å²) in [7, 11) is 0. The van der Waals surface area contributed by atoms with Gasteiger partial charge in [0.15, 0.2) is 0 Å². The molecule has 0 saturated heterocycles. The van der Waals surface area contributed by atoms with Crippen LogP contribution in [0.5, 0.6) is 0 Å². The smallest absolute Gasteiger partial charge is 0.0834 e. The maximum Gasteiger partial charge on any atom is 0.0834 e. The Balaban J connectivity index is 0.000000354. The van der Waals surface area contributed by atoms with Crippen molar-refractivity contribution < 1.29 is 0 Å². The van der Waals surface area contributed by atoms with E-state index in [9.17, 15) is 0 Å². The lowest BCUT2D eigenvalue weighted by atomic mass is 10.3. The van der Waals surface area contributed by atoms with Gasteiger partial charge in [0.2, 0.25) is 0 Å². The maximum atomic E-state index is 7.17. The molecule has 1 aromatic rings. The van der Waals surface area contributed by atoms with Crippen LogP contribution in [0.25, 0.3) is 0 Å². The van der Waals surface area contributed by atoms with Crippen molar-refractivity contribution in [3.05, 3.63) is 30.1 Å². The van der Waals surface area contributed by atoms with Crippen LogP contribution in [-0.4, -0.2) is 10.7 Å². The molecule has 0 aliphatic rings. The van der Waals surface area contributed by atoms with Crippen LogP contribution in [-0.2, 0) is 0 Å². The Hall–Kier alpha value is -1.18. The lowest BCUT2D eigenvalue weighted by Gasteiger charge is -1.91. The first-order valence-corrected chi connectivity index (χ1v) is 4.18. The van der Waals surface area contributed by atoms with Crippen LogP contribution in [0.4, 0.5) is 0 Å². The molecule has 0 bridgehead atoms. The number of hydrogen-bond acceptors (Lipinski definition) is 2. The van der Waals surface area contributed by atoms with Gasteiger partial charge in [0.25, 0.3) is 0 Å². The molecule has 2 nitrogen and oxygen atoms in total. The fourth-order valence-corrected chi connectivity index (χ4v) is 0.585. The molecule has 0 radical (unpaired) electrons. The molecule has 0 atom stereocenters. The number of aromatic nitrogens is 1. The average Bonchev–Trinajstić information content (AvgIpc) is 2.07. The van der Waals surface area contributed by atoms with E-state index in [1.54, 1.807) is 13.1 Å². The van der Waals surface area contributed by atoms with Crippen LogP contribution in [0.2, 0.25) is 0 Å². The Morgan fingerprint density at radius 3 is 2.25 bits per heavy atom. The Labute approximate surface area is 74.2 Å². The van der Waals surface area contributed by atoms with Gasteiger partial charge in [-0.3, -0.25) is 4.98 Å². The van der Waals surface area contributed by atoms with Gasteiger partial charge in [-0.25, -0.2) is 0 Å². The van der Waals surface area contributed by atoms with Gasteiger partial charge in [-0.1, -0.05) is 26.3 Å². The van der Waals surface area contributed by atoms with Crippen LogP contribution in [0, 0.1) is 5.41 Å². The SMILES string of the molecule is CC(=N)c1ccccn1.CCC. The lowest BCUT2D eigenvalue weighted by Crippen LogP contribution is -1.93. The predicted octanol–water partition coefficient (Wildman–Crippen LogP) is 2.89. The zero-order valence-corrected chi connectivity index (χ0v) is 7.96. The topological polar surface area (TPSA) is 36.7 Å². The standard InChI is InChI=1S/C7H8N2.C3H8/c1-6(8)7-4-2-3-5-9-7;1-3-2/h2-5,8H,1H3;3H2,1-2H3. The predicted molar refractivity (Wildman–Crippen MR) is 52.7 cm³/mol. The van der Waals surface area contributed by atoms with Gasteiger partial charge in [-0.05, 0) is 19.1 Å². The summed E-state index contributed by atoms with van der Waals surface area (Å²) < 4.78 is 0. The molecule has 0 aliphatic carbocycles. The van der Waals surface area contributed by atoms with Crippen LogP contribution >= 0.6 is 0 Å². The third-order valence-electron chi connectivity index (χ3n) is 1.05. The van der Waals surface area contributed by atoms with Crippen molar-refractivity contribution >= 4 is 5.71 Å². The van der Waals surface area contributed by atoms with Crippen LogP contribution in [0.15, 0.2) is 24.4 Å². The minimum Gasteiger partial charge on any atom is -0.303 e. The molecule has 66 valence electrons. The van der Waals surface area contributed by atoms with Crippen molar-refractivity contribution in [1.82, 2.24) is 4.98 Å². The van der Waals surface area contributed by atoms with Gasteiger partial charge in [0.05, 0.1) is 11.4 Å². The largest absolute Gasteiger partial charge is 0.303 e. The third kappa shape index (κ3) is 4.61. The number of pyridine rings is 1. The molecule has 1 rings (SSSR count). The Bertz CT molecular complexity index is 217. The van der Waals surface area contributed by atoms with Gasteiger partial charge < -0.3 is 5.41 Å². The Kier molecular flexibility index (Phi) is 5.88.